The van der Waals surface area contributed by atoms with Crippen LogP contribution in [0.5, 0.6) is 0 Å². The highest BCUT2D eigenvalue weighted by atomic mass is 19.1. The van der Waals surface area contributed by atoms with Gasteiger partial charge >= 0.3 is 6.09 Å². The van der Waals surface area contributed by atoms with Gasteiger partial charge in [0.05, 0.1) is 12.2 Å². The van der Waals surface area contributed by atoms with E-state index in [1.165, 1.54) is 47.9 Å². The molecule has 0 spiro atoms. The van der Waals surface area contributed by atoms with Gasteiger partial charge in [-0.3, -0.25) is 19.2 Å². The third kappa shape index (κ3) is 6.50. The van der Waals surface area contributed by atoms with Gasteiger partial charge in [-0.1, -0.05) is 12.1 Å². The predicted octanol–water partition coefficient (Wildman–Crippen LogP) is -1.08. The van der Waals surface area contributed by atoms with Crippen molar-refractivity contribution in [1.29, 1.82) is 0 Å². The second-order valence-electron chi connectivity index (χ2n) is 10.3. The molecule has 1 unspecified atom stereocenters. The minimum Gasteiger partial charge on any atom is -0.433 e. The third-order valence-electron chi connectivity index (χ3n) is 7.41. The number of amides is 5. The second kappa shape index (κ2) is 12.6. The molecule has 2 saturated heterocycles. The van der Waals surface area contributed by atoms with E-state index in [1.54, 1.807) is 0 Å². The molecule has 2 fully saturated rings. The number of carbonyl (C=O) groups excluding carboxylic acids is 5. The van der Waals surface area contributed by atoms with Crippen molar-refractivity contribution in [1.82, 2.24) is 15.1 Å². The molecule has 0 saturated carbocycles. The molecule has 2 heterocycles. The maximum absolute atomic E-state index is 14.1. The minimum absolute atomic E-state index is 0.0438. The van der Waals surface area contributed by atoms with Gasteiger partial charge in [0.25, 0.3) is 5.91 Å². The summed E-state index contributed by atoms with van der Waals surface area (Å²) in [6.07, 6.45) is -4.40. The average molecular weight is 566 g/mol. The van der Waals surface area contributed by atoms with Gasteiger partial charge in [-0.2, -0.15) is 0 Å². The molecule has 2 aliphatic heterocycles. The summed E-state index contributed by atoms with van der Waals surface area (Å²) >= 11 is 0. The van der Waals surface area contributed by atoms with Crippen LogP contribution in [0.25, 0.3) is 0 Å². The lowest BCUT2D eigenvalue weighted by Gasteiger charge is -2.41. The summed E-state index contributed by atoms with van der Waals surface area (Å²) in [5.74, 6) is -3.56. The van der Waals surface area contributed by atoms with E-state index in [-0.39, 0.29) is 32.4 Å². The van der Waals surface area contributed by atoms with Crippen molar-refractivity contribution in [2.75, 3.05) is 13.1 Å². The second-order valence-corrected chi connectivity index (χ2v) is 10.3. The Hall–Kier alpha value is -3.78. The standard InChI is InChI=1S/C26H36FN5O8/c1-14(33)19(21(28)35)30-24(38)26(13-16-6-8-17(27)9-7-16)10-4-12-32(26)22(36)18-5-3-11-31(18)23(37)20(15(2)34)40-25(29)39/h6-9,14-15,18-20,33-34H,3-5,10-13H2,1-2H3,(H2,28,35)(H2,29,39)(H,30,38)/t14-,15-,18+,19+,20+,26?/m1/s1. The number of nitrogens with zero attached hydrogens (tertiary/aromatic N) is 2. The lowest BCUT2D eigenvalue weighted by Crippen LogP contribution is -2.65. The molecular formula is C26H36FN5O8. The highest BCUT2D eigenvalue weighted by Gasteiger charge is 2.53. The number of benzene rings is 1. The lowest BCUT2D eigenvalue weighted by molar-refractivity contribution is -0.156. The Morgan fingerprint density at radius 2 is 1.73 bits per heavy atom. The smallest absolute Gasteiger partial charge is 0.405 e. The molecule has 1 aromatic carbocycles. The lowest BCUT2D eigenvalue weighted by atomic mass is 9.86. The molecule has 7 N–H and O–H groups in total. The summed E-state index contributed by atoms with van der Waals surface area (Å²) in [5.41, 5.74) is 9.42. The van der Waals surface area contributed by atoms with Crippen LogP contribution in [0.3, 0.4) is 0 Å². The molecular weight excluding hydrogens is 529 g/mol. The molecule has 13 nitrogen and oxygen atoms in total. The molecule has 14 heteroatoms. The Morgan fingerprint density at radius 1 is 1.07 bits per heavy atom. The SMILES string of the molecule is C[C@@H](O)[C@H](NC(=O)C1(Cc2ccc(F)cc2)CCCN1C(=O)[C@@H]1CCCN1C(=O)[C@@H](OC(N)=O)[C@@H](C)O)C(N)=O. The van der Waals surface area contributed by atoms with Crippen molar-refractivity contribution >= 4 is 29.7 Å². The van der Waals surface area contributed by atoms with E-state index in [0.29, 0.717) is 18.4 Å². The van der Waals surface area contributed by atoms with Gasteiger partial charge < -0.3 is 41.5 Å². The number of ether oxygens (including phenoxy) is 1. The first-order valence-electron chi connectivity index (χ1n) is 13.1. The van der Waals surface area contributed by atoms with Crippen LogP contribution < -0.4 is 16.8 Å². The van der Waals surface area contributed by atoms with Crippen LogP contribution in [0.15, 0.2) is 24.3 Å². The Kier molecular flexibility index (Phi) is 9.69. The maximum atomic E-state index is 14.1. The van der Waals surface area contributed by atoms with E-state index in [4.69, 9.17) is 16.2 Å². The number of primary amides is 2. The predicted molar refractivity (Wildman–Crippen MR) is 137 cm³/mol. The van der Waals surface area contributed by atoms with Crippen LogP contribution in [0.1, 0.15) is 45.1 Å². The number of aliphatic hydroxyl groups is 2. The van der Waals surface area contributed by atoms with Crippen LogP contribution in [-0.4, -0.2) is 98.8 Å². The topological polar surface area (TPSA) is 206 Å². The van der Waals surface area contributed by atoms with Gasteiger partial charge in [-0.25, -0.2) is 9.18 Å². The molecule has 5 amide bonds. The number of aliphatic hydroxyl groups excluding tert-OH is 2. The van der Waals surface area contributed by atoms with Crippen LogP contribution in [0, 0.1) is 5.82 Å². The fourth-order valence-corrected chi connectivity index (χ4v) is 5.46. The number of nitrogens with two attached hydrogens (primary N) is 2. The molecule has 0 radical (unpaired) electrons. The van der Waals surface area contributed by atoms with Crippen molar-refractivity contribution in [3.63, 3.8) is 0 Å². The van der Waals surface area contributed by atoms with Crippen molar-refractivity contribution in [3.05, 3.63) is 35.6 Å². The van der Waals surface area contributed by atoms with Crippen molar-refractivity contribution in [2.24, 2.45) is 11.5 Å². The summed E-state index contributed by atoms with van der Waals surface area (Å²) in [5, 5.41) is 22.5. The summed E-state index contributed by atoms with van der Waals surface area (Å²) in [7, 11) is 0. The van der Waals surface area contributed by atoms with E-state index < -0.39 is 71.5 Å². The zero-order chi connectivity index (χ0) is 29.8. The number of hydrogen-bond donors (Lipinski definition) is 5. The van der Waals surface area contributed by atoms with E-state index >= 15 is 0 Å². The number of nitrogens with one attached hydrogen (secondary N) is 1. The Balaban J connectivity index is 1.98. The van der Waals surface area contributed by atoms with Gasteiger partial charge in [0.2, 0.25) is 23.8 Å². The fourth-order valence-electron chi connectivity index (χ4n) is 5.46. The zero-order valence-corrected chi connectivity index (χ0v) is 22.4. The molecule has 2 aliphatic rings. The first-order chi connectivity index (χ1) is 18.8. The molecule has 0 aromatic heterocycles. The summed E-state index contributed by atoms with van der Waals surface area (Å²) in [4.78, 5) is 66.9. The van der Waals surface area contributed by atoms with Crippen LogP contribution in [0.2, 0.25) is 0 Å². The van der Waals surface area contributed by atoms with Gasteiger partial charge in [0.15, 0.2) is 0 Å². The normalized spacial score (nSPS) is 23.7. The van der Waals surface area contributed by atoms with Crippen LogP contribution in [0.4, 0.5) is 9.18 Å². The van der Waals surface area contributed by atoms with E-state index in [9.17, 15) is 38.6 Å². The molecule has 3 rings (SSSR count). The highest BCUT2D eigenvalue weighted by molar-refractivity contribution is 5.98. The fraction of sp³-hybridized carbons (Fsp3) is 0.577. The van der Waals surface area contributed by atoms with Crippen molar-refractivity contribution in [2.45, 2.75) is 81.9 Å². The Labute approximate surface area is 230 Å². The molecule has 1 aromatic rings. The number of carbonyl (C=O) groups is 5. The van der Waals surface area contributed by atoms with E-state index in [2.05, 4.69) is 5.32 Å². The Morgan fingerprint density at radius 3 is 2.27 bits per heavy atom. The van der Waals surface area contributed by atoms with Gasteiger partial charge in [0.1, 0.15) is 23.4 Å². The minimum atomic E-state index is -1.63. The maximum Gasteiger partial charge on any atom is 0.405 e. The number of halogens is 1. The largest absolute Gasteiger partial charge is 0.433 e. The molecule has 0 aliphatic carbocycles. The first-order valence-corrected chi connectivity index (χ1v) is 13.1. The summed E-state index contributed by atoms with van der Waals surface area (Å²) in [6.45, 7) is 2.81. The van der Waals surface area contributed by atoms with Gasteiger partial charge in [0, 0.05) is 19.5 Å². The number of rotatable bonds is 10. The molecule has 6 atom stereocenters. The van der Waals surface area contributed by atoms with Gasteiger partial charge in [-0.05, 0) is 57.2 Å². The van der Waals surface area contributed by atoms with Crippen LogP contribution >= 0.6 is 0 Å². The van der Waals surface area contributed by atoms with Crippen LogP contribution in [-0.2, 0) is 30.3 Å². The Bertz CT molecular complexity index is 1130. The summed E-state index contributed by atoms with van der Waals surface area (Å²) < 4.78 is 18.4. The first kappa shape index (κ1) is 30.8. The highest BCUT2D eigenvalue weighted by Crippen LogP contribution is 2.36. The van der Waals surface area contributed by atoms with E-state index in [1.807, 2.05) is 0 Å². The van der Waals surface area contributed by atoms with Crippen molar-refractivity contribution in [3.8, 4) is 0 Å². The summed E-state index contributed by atoms with van der Waals surface area (Å²) in [6, 6.07) is 2.92. The van der Waals surface area contributed by atoms with E-state index in [0.717, 1.165) is 0 Å². The monoisotopic (exact) mass is 565 g/mol. The zero-order valence-electron chi connectivity index (χ0n) is 22.4. The number of likely N-dealkylation sites (tertiary alicyclic amines) is 2. The quantitative estimate of drug-likeness (QED) is 0.235. The number of hydrogen-bond acceptors (Lipinski definition) is 8. The molecule has 40 heavy (non-hydrogen) atoms. The molecule has 220 valence electrons. The average Bonchev–Trinajstić information content (AvgIpc) is 3.54. The van der Waals surface area contributed by atoms with Gasteiger partial charge in [-0.15, -0.1) is 0 Å². The van der Waals surface area contributed by atoms with Crippen molar-refractivity contribution < 1.29 is 43.3 Å². The molecule has 0 bridgehead atoms. The third-order valence-corrected chi connectivity index (χ3v) is 7.41.